The Kier molecular flexibility index (Phi) is 5.41. The highest BCUT2D eigenvalue weighted by Gasteiger charge is 2.15. The minimum Gasteiger partial charge on any atom is -0.478 e. The lowest BCUT2D eigenvalue weighted by atomic mass is 10.1. The van der Waals surface area contributed by atoms with E-state index in [1.165, 1.54) is 18.2 Å². The fraction of sp³-hybridized carbons (Fsp3) is 0.429. The summed E-state index contributed by atoms with van der Waals surface area (Å²) in [6, 6.07) is 3.75. The molecule has 1 fully saturated rings. The molecule has 2 amide bonds. The van der Waals surface area contributed by atoms with Gasteiger partial charge in [-0.15, -0.1) is 0 Å². The van der Waals surface area contributed by atoms with Crippen LogP contribution in [0.15, 0.2) is 18.2 Å². The number of halogens is 1. The molecular weight excluding hydrogens is 296 g/mol. The van der Waals surface area contributed by atoms with E-state index in [1.807, 2.05) is 0 Å². The number of carbonyl (C=O) groups excluding carboxylic acids is 1. The zero-order chi connectivity index (χ0) is 15.2. The van der Waals surface area contributed by atoms with Gasteiger partial charge in [-0.3, -0.25) is 0 Å². The molecule has 0 radical (unpaired) electrons. The first kappa shape index (κ1) is 15.6. The molecule has 1 aromatic carbocycles. The molecule has 1 aliphatic heterocycles. The minimum atomic E-state index is -1.07. The Bertz CT molecular complexity index is 530. The molecule has 0 aliphatic carbocycles. The second-order valence-electron chi connectivity index (χ2n) is 4.90. The number of nitrogens with one attached hydrogen (secondary N) is 2. The maximum absolute atomic E-state index is 11.8. The molecule has 1 heterocycles. The number of aromatic carboxylic acids is 1. The normalized spacial score (nSPS) is 17.5. The Morgan fingerprint density at radius 3 is 2.90 bits per heavy atom. The van der Waals surface area contributed by atoms with Crippen LogP contribution in [0.25, 0.3) is 0 Å². The number of benzene rings is 1. The van der Waals surface area contributed by atoms with Crippen LogP contribution < -0.4 is 10.6 Å². The predicted molar refractivity (Wildman–Crippen MR) is 79.0 cm³/mol. The molecule has 1 aliphatic rings. The molecule has 0 spiro atoms. The van der Waals surface area contributed by atoms with Crippen LogP contribution >= 0.6 is 11.6 Å². The first-order chi connectivity index (χ1) is 10.1. The standard InChI is InChI=1S/C14H17ClN2O4/c15-11-2-1-10(13(18)19)7-12(11)17-14(20)16-5-3-9-4-6-21-8-9/h1-2,7,9H,3-6,8H2,(H,18,19)(H2,16,17,20). The van der Waals surface area contributed by atoms with Gasteiger partial charge in [-0.25, -0.2) is 9.59 Å². The summed E-state index contributed by atoms with van der Waals surface area (Å²) in [6.45, 7) is 2.07. The van der Waals surface area contributed by atoms with Gasteiger partial charge in [0.2, 0.25) is 0 Å². The monoisotopic (exact) mass is 312 g/mol. The molecule has 1 aromatic rings. The molecule has 0 saturated carbocycles. The number of hydrogen-bond donors (Lipinski definition) is 3. The van der Waals surface area contributed by atoms with E-state index in [0.717, 1.165) is 26.1 Å². The van der Waals surface area contributed by atoms with Crippen LogP contribution in [0.4, 0.5) is 10.5 Å². The smallest absolute Gasteiger partial charge is 0.335 e. The SMILES string of the molecule is O=C(NCCC1CCOC1)Nc1cc(C(=O)O)ccc1Cl. The van der Waals surface area contributed by atoms with Gasteiger partial charge in [-0.05, 0) is 37.0 Å². The van der Waals surface area contributed by atoms with Gasteiger partial charge < -0.3 is 20.5 Å². The van der Waals surface area contributed by atoms with Crippen molar-refractivity contribution in [3.63, 3.8) is 0 Å². The number of hydrogen-bond acceptors (Lipinski definition) is 3. The Balaban J connectivity index is 1.84. The number of ether oxygens (including phenoxy) is 1. The molecule has 1 atom stereocenters. The van der Waals surface area contributed by atoms with E-state index in [-0.39, 0.29) is 11.3 Å². The van der Waals surface area contributed by atoms with Gasteiger partial charge in [0.05, 0.1) is 16.3 Å². The Labute approximate surface area is 127 Å². The lowest BCUT2D eigenvalue weighted by molar-refractivity contribution is 0.0697. The van der Waals surface area contributed by atoms with Crippen LogP contribution in [-0.4, -0.2) is 36.9 Å². The summed E-state index contributed by atoms with van der Waals surface area (Å²) < 4.78 is 5.26. The van der Waals surface area contributed by atoms with Gasteiger partial charge in [0.1, 0.15) is 0 Å². The van der Waals surface area contributed by atoms with Crippen LogP contribution in [-0.2, 0) is 4.74 Å². The van der Waals surface area contributed by atoms with E-state index in [0.29, 0.717) is 17.5 Å². The highest BCUT2D eigenvalue weighted by atomic mass is 35.5. The number of amides is 2. The zero-order valence-corrected chi connectivity index (χ0v) is 12.2. The van der Waals surface area contributed by atoms with Crippen LogP contribution in [0.3, 0.4) is 0 Å². The number of rotatable bonds is 5. The molecule has 114 valence electrons. The molecule has 2 rings (SSSR count). The quantitative estimate of drug-likeness (QED) is 0.780. The van der Waals surface area contributed by atoms with Crippen molar-refractivity contribution in [1.82, 2.24) is 5.32 Å². The molecule has 0 aromatic heterocycles. The summed E-state index contributed by atoms with van der Waals surface area (Å²) in [6.07, 6.45) is 1.88. The Hall–Kier alpha value is -1.79. The summed E-state index contributed by atoms with van der Waals surface area (Å²) >= 11 is 5.93. The lowest BCUT2D eigenvalue weighted by Gasteiger charge is -2.11. The van der Waals surface area contributed by atoms with E-state index in [4.69, 9.17) is 21.4 Å². The third kappa shape index (κ3) is 4.61. The first-order valence-corrected chi connectivity index (χ1v) is 7.09. The number of carboxylic acids is 1. The van der Waals surface area contributed by atoms with E-state index in [9.17, 15) is 9.59 Å². The van der Waals surface area contributed by atoms with Crippen molar-refractivity contribution in [3.8, 4) is 0 Å². The van der Waals surface area contributed by atoms with Crippen molar-refractivity contribution in [2.45, 2.75) is 12.8 Å². The fourth-order valence-electron chi connectivity index (χ4n) is 2.12. The summed E-state index contributed by atoms with van der Waals surface area (Å²) in [5, 5.41) is 14.5. The fourth-order valence-corrected chi connectivity index (χ4v) is 2.29. The van der Waals surface area contributed by atoms with Gasteiger partial charge >= 0.3 is 12.0 Å². The van der Waals surface area contributed by atoms with Crippen LogP contribution in [0.5, 0.6) is 0 Å². The third-order valence-electron chi connectivity index (χ3n) is 3.32. The number of anilines is 1. The second-order valence-corrected chi connectivity index (χ2v) is 5.31. The largest absolute Gasteiger partial charge is 0.478 e. The average molecular weight is 313 g/mol. The third-order valence-corrected chi connectivity index (χ3v) is 3.65. The van der Waals surface area contributed by atoms with Gasteiger partial charge in [0.25, 0.3) is 0 Å². The zero-order valence-electron chi connectivity index (χ0n) is 11.4. The van der Waals surface area contributed by atoms with Crippen molar-refractivity contribution >= 4 is 29.3 Å². The number of urea groups is 1. The van der Waals surface area contributed by atoms with Gasteiger partial charge in [0, 0.05) is 19.8 Å². The van der Waals surface area contributed by atoms with Crippen LogP contribution in [0.1, 0.15) is 23.2 Å². The topological polar surface area (TPSA) is 87.7 Å². The van der Waals surface area contributed by atoms with Crippen molar-refractivity contribution in [3.05, 3.63) is 28.8 Å². The predicted octanol–water partition coefficient (Wildman–Crippen LogP) is 2.59. The molecule has 1 saturated heterocycles. The number of carboxylic acid groups (broad SMARTS) is 1. The minimum absolute atomic E-state index is 0.0674. The molecule has 1 unspecified atom stereocenters. The van der Waals surface area contributed by atoms with E-state index in [1.54, 1.807) is 0 Å². The van der Waals surface area contributed by atoms with E-state index >= 15 is 0 Å². The second kappa shape index (κ2) is 7.28. The van der Waals surface area contributed by atoms with Crippen LogP contribution in [0, 0.1) is 5.92 Å². The highest BCUT2D eigenvalue weighted by molar-refractivity contribution is 6.33. The summed E-state index contributed by atoms with van der Waals surface area (Å²) in [5.41, 5.74) is 0.344. The maximum atomic E-state index is 11.8. The van der Waals surface area contributed by atoms with Gasteiger partial charge in [-0.2, -0.15) is 0 Å². The molecule has 7 heteroatoms. The van der Waals surface area contributed by atoms with E-state index < -0.39 is 12.0 Å². The van der Waals surface area contributed by atoms with Crippen molar-refractivity contribution < 1.29 is 19.4 Å². The summed E-state index contributed by atoms with van der Waals surface area (Å²) in [4.78, 5) is 22.6. The highest BCUT2D eigenvalue weighted by Crippen LogP contribution is 2.23. The summed E-state index contributed by atoms with van der Waals surface area (Å²) in [7, 11) is 0. The maximum Gasteiger partial charge on any atom is 0.335 e. The van der Waals surface area contributed by atoms with E-state index in [2.05, 4.69) is 10.6 Å². The lowest BCUT2D eigenvalue weighted by Crippen LogP contribution is -2.30. The average Bonchev–Trinajstić information content (AvgIpc) is 2.94. The van der Waals surface area contributed by atoms with Gasteiger partial charge in [0.15, 0.2) is 0 Å². The molecule has 3 N–H and O–H groups in total. The molecule has 0 bridgehead atoms. The van der Waals surface area contributed by atoms with Crippen LogP contribution in [0.2, 0.25) is 5.02 Å². The van der Waals surface area contributed by atoms with Gasteiger partial charge in [-0.1, -0.05) is 11.6 Å². The van der Waals surface area contributed by atoms with Crippen molar-refractivity contribution in [1.29, 1.82) is 0 Å². The molecular formula is C14H17ClN2O4. The van der Waals surface area contributed by atoms with Crippen molar-refractivity contribution in [2.75, 3.05) is 25.1 Å². The number of carbonyl (C=O) groups is 2. The Morgan fingerprint density at radius 1 is 1.43 bits per heavy atom. The molecule has 21 heavy (non-hydrogen) atoms. The Morgan fingerprint density at radius 2 is 2.24 bits per heavy atom. The first-order valence-electron chi connectivity index (χ1n) is 6.71. The summed E-state index contributed by atoms with van der Waals surface area (Å²) in [5.74, 6) is -0.583. The molecule has 6 nitrogen and oxygen atoms in total. The van der Waals surface area contributed by atoms with Crippen molar-refractivity contribution in [2.24, 2.45) is 5.92 Å².